The van der Waals surface area contributed by atoms with Crippen LogP contribution in [0.2, 0.25) is 5.02 Å². The molecule has 2 fully saturated rings. The Morgan fingerprint density at radius 1 is 0.966 bits per heavy atom. The minimum Gasteiger partial charge on any atom is -0.273 e. The molecule has 2 aliphatic rings. The van der Waals surface area contributed by atoms with Crippen molar-refractivity contribution >= 4 is 46.1 Å². The van der Waals surface area contributed by atoms with Gasteiger partial charge in [-0.2, -0.15) is 0 Å². The molecule has 0 spiro atoms. The summed E-state index contributed by atoms with van der Waals surface area (Å²) >= 11 is 7.57. The fourth-order valence-electron chi connectivity index (χ4n) is 4.00. The van der Waals surface area contributed by atoms with Crippen LogP contribution in [0.15, 0.2) is 66.0 Å². The fraction of sp³-hybridized carbons (Fsp3) is 0.182. The number of benzene rings is 2. The molecule has 0 radical (unpaired) electrons. The highest BCUT2D eigenvalue weighted by Gasteiger charge is 2.60. The highest BCUT2D eigenvalue weighted by molar-refractivity contribution is 7.10. The monoisotopic (exact) mass is 424 g/mol. The molecular formula is C22H17ClN2O3S. The first-order valence-electron chi connectivity index (χ1n) is 9.24. The number of thiophene rings is 1. The van der Waals surface area contributed by atoms with Gasteiger partial charge in [0.15, 0.2) is 6.10 Å². The van der Waals surface area contributed by atoms with Gasteiger partial charge in [0.2, 0.25) is 5.91 Å². The van der Waals surface area contributed by atoms with Crippen molar-refractivity contribution in [2.45, 2.75) is 19.1 Å². The van der Waals surface area contributed by atoms with E-state index in [2.05, 4.69) is 0 Å². The standard InChI is InChI=1S/C22H17ClN2O3S/c1-13-4-2-5-16(12-13)24-21(26)18-19(17-6-3-11-29-17)25(28-20(18)22(24)27)15-9-7-14(23)8-10-15/h2-12,18-20H,1H3/t18-,19+,20-/m1/s1. The Morgan fingerprint density at radius 2 is 1.76 bits per heavy atom. The van der Waals surface area contributed by atoms with E-state index in [-0.39, 0.29) is 17.9 Å². The molecule has 0 saturated carbocycles. The maximum Gasteiger partial charge on any atom is 0.266 e. The molecule has 3 heterocycles. The van der Waals surface area contributed by atoms with E-state index in [9.17, 15) is 9.59 Å². The maximum atomic E-state index is 13.4. The minimum absolute atomic E-state index is 0.236. The number of hydrogen-bond donors (Lipinski definition) is 0. The third kappa shape index (κ3) is 2.95. The van der Waals surface area contributed by atoms with E-state index in [1.807, 2.05) is 54.8 Å². The van der Waals surface area contributed by atoms with Crippen LogP contribution in [0, 0.1) is 12.8 Å². The van der Waals surface area contributed by atoms with Gasteiger partial charge in [-0.25, -0.2) is 9.96 Å². The van der Waals surface area contributed by atoms with Gasteiger partial charge in [-0.15, -0.1) is 11.3 Å². The third-order valence-corrected chi connectivity index (χ3v) is 6.49. The third-order valence-electron chi connectivity index (χ3n) is 5.29. The number of anilines is 2. The smallest absolute Gasteiger partial charge is 0.266 e. The summed E-state index contributed by atoms with van der Waals surface area (Å²) in [5.74, 6) is -1.18. The Kier molecular flexibility index (Phi) is 4.42. The summed E-state index contributed by atoms with van der Waals surface area (Å²) in [6.45, 7) is 1.93. The van der Waals surface area contributed by atoms with Crippen LogP contribution in [0.4, 0.5) is 11.4 Å². The van der Waals surface area contributed by atoms with Gasteiger partial charge in [-0.1, -0.05) is 29.8 Å². The van der Waals surface area contributed by atoms with Crippen molar-refractivity contribution < 1.29 is 14.4 Å². The normalized spacial score (nSPS) is 23.7. The molecule has 7 heteroatoms. The van der Waals surface area contributed by atoms with E-state index in [0.29, 0.717) is 10.7 Å². The van der Waals surface area contributed by atoms with Gasteiger partial charge >= 0.3 is 0 Å². The molecule has 3 aromatic rings. The number of aryl methyl sites for hydroxylation is 1. The van der Waals surface area contributed by atoms with Crippen molar-refractivity contribution in [2.24, 2.45) is 5.92 Å². The number of hydrogen-bond acceptors (Lipinski definition) is 5. The number of imide groups is 1. The van der Waals surface area contributed by atoms with Crippen LogP contribution in [0.5, 0.6) is 0 Å². The van der Waals surface area contributed by atoms with Gasteiger partial charge < -0.3 is 0 Å². The maximum absolute atomic E-state index is 13.4. The predicted molar refractivity (Wildman–Crippen MR) is 113 cm³/mol. The van der Waals surface area contributed by atoms with Gasteiger partial charge in [0.05, 0.1) is 11.4 Å². The number of fused-ring (bicyclic) bond motifs is 1. The first-order chi connectivity index (χ1) is 14.0. The highest BCUT2D eigenvalue weighted by atomic mass is 35.5. The lowest BCUT2D eigenvalue weighted by Crippen LogP contribution is -2.37. The molecule has 0 N–H and O–H groups in total. The van der Waals surface area contributed by atoms with Crippen LogP contribution in [0.3, 0.4) is 0 Å². The Bertz CT molecular complexity index is 1080. The summed E-state index contributed by atoms with van der Waals surface area (Å²) in [7, 11) is 0. The number of nitrogens with zero attached hydrogens (tertiary/aromatic N) is 2. The van der Waals surface area contributed by atoms with E-state index in [1.54, 1.807) is 34.6 Å². The van der Waals surface area contributed by atoms with E-state index in [4.69, 9.17) is 16.4 Å². The largest absolute Gasteiger partial charge is 0.273 e. The van der Waals surface area contributed by atoms with E-state index in [1.165, 1.54) is 4.90 Å². The first-order valence-corrected chi connectivity index (χ1v) is 10.5. The summed E-state index contributed by atoms with van der Waals surface area (Å²) in [6, 6.07) is 18.1. The second-order valence-corrected chi connectivity index (χ2v) is 8.58. The molecule has 29 heavy (non-hydrogen) atoms. The van der Waals surface area contributed by atoms with E-state index >= 15 is 0 Å². The number of halogens is 1. The Hall–Kier alpha value is -2.67. The van der Waals surface area contributed by atoms with Gasteiger partial charge in [0.1, 0.15) is 12.0 Å². The van der Waals surface area contributed by atoms with Crippen LogP contribution >= 0.6 is 22.9 Å². The number of rotatable bonds is 3. The zero-order valence-electron chi connectivity index (χ0n) is 15.5. The summed E-state index contributed by atoms with van der Waals surface area (Å²) in [6.07, 6.45) is -0.856. The lowest BCUT2D eigenvalue weighted by molar-refractivity contribution is -0.126. The highest BCUT2D eigenvalue weighted by Crippen LogP contribution is 2.48. The van der Waals surface area contributed by atoms with E-state index in [0.717, 1.165) is 16.1 Å². The van der Waals surface area contributed by atoms with Gasteiger partial charge in [-0.05, 0) is 60.3 Å². The van der Waals surface area contributed by atoms with Crippen LogP contribution in [0.1, 0.15) is 16.5 Å². The van der Waals surface area contributed by atoms with Crippen molar-refractivity contribution in [2.75, 3.05) is 9.96 Å². The van der Waals surface area contributed by atoms with E-state index < -0.39 is 12.0 Å². The number of carbonyl (C=O) groups excluding carboxylic acids is 2. The molecular weight excluding hydrogens is 408 g/mol. The Morgan fingerprint density at radius 3 is 2.45 bits per heavy atom. The first kappa shape index (κ1) is 18.4. The summed E-state index contributed by atoms with van der Waals surface area (Å²) in [5, 5.41) is 4.25. The SMILES string of the molecule is Cc1cccc(N2C(=O)[C@H]3[C@@H](ON(c4ccc(Cl)cc4)[C@H]3c3cccs3)C2=O)c1. The fourth-order valence-corrected chi connectivity index (χ4v) is 4.98. The second-order valence-electron chi connectivity index (χ2n) is 7.17. The lowest BCUT2D eigenvalue weighted by atomic mass is 9.95. The summed E-state index contributed by atoms with van der Waals surface area (Å²) in [4.78, 5) is 35.0. The minimum atomic E-state index is -0.856. The summed E-state index contributed by atoms with van der Waals surface area (Å²) in [5.41, 5.74) is 2.32. The van der Waals surface area contributed by atoms with Gasteiger partial charge in [-0.3, -0.25) is 14.4 Å². The van der Waals surface area contributed by atoms with Crippen molar-refractivity contribution in [1.82, 2.24) is 0 Å². The molecule has 5 nitrogen and oxygen atoms in total. The molecule has 2 aromatic carbocycles. The lowest BCUT2D eigenvalue weighted by Gasteiger charge is -2.28. The number of hydroxylamine groups is 1. The van der Waals surface area contributed by atoms with Crippen LogP contribution in [-0.4, -0.2) is 17.9 Å². The molecule has 0 aliphatic carbocycles. The molecule has 146 valence electrons. The van der Waals surface area contributed by atoms with Gasteiger partial charge in [0.25, 0.3) is 5.91 Å². The predicted octanol–water partition coefficient (Wildman–Crippen LogP) is 4.76. The Labute approximate surface area is 177 Å². The molecule has 2 saturated heterocycles. The molecule has 5 rings (SSSR count). The average Bonchev–Trinajstić information content (AvgIpc) is 3.40. The zero-order chi connectivity index (χ0) is 20.1. The van der Waals surface area contributed by atoms with Gasteiger partial charge in [0, 0.05) is 9.90 Å². The molecule has 2 aliphatic heterocycles. The molecule has 3 atom stereocenters. The molecule has 0 bridgehead atoms. The van der Waals surface area contributed by atoms with Crippen molar-refractivity contribution in [3.05, 3.63) is 81.5 Å². The van der Waals surface area contributed by atoms with Crippen LogP contribution in [0.25, 0.3) is 0 Å². The van der Waals surface area contributed by atoms with Crippen molar-refractivity contribution in [1.29, 1.82) is 0 Å². The van der Waals surface area contributed by atoms with Crippen LogP contribution in [-0.2, 0) is 14.4 Å². The topological polar surface area (TPSA) is 49.9 Å². The quantitative estimate of drug-likeness (QED) is 0.569. The summed E-state index contributed by atoms with van der Waals surface area (Å²) < 4.78 is 0. The Balaban J connectivity index is 1.57. The molecule has 2 amide bonds. The zero-order valence-corrected chi connectivity index (χ0v) is 17.1. The molecule has 0 unspecified atom stereocenters. The van der Waals surface area contributed by atoms with Crippen LogP contribution < -0.4 is 9.96 Å². The number of amides is 2. The van der Waals surface area contributed by atoms with Crippen molar-refractivity contribution in [3.8, 4) is 0 Å². The number of carbonyl (C=O) groups is 2. The second kappa shape index (κ2) is 6.99. The molecule has 1 aromatic heterocycles. The average molecular weight is 425 g/mol. The van der Waals surface area contributed by atoms with Crippen molar-refractivity contribution in [3.63, 3.8) is 0 Å².